The van der Waals surface area contributed by atoms with Gasteiger partial charge in [-0.1, -0.05) is 34.1 Å². The molecule has 0 aliphatic heterocycles. The van der Waals surface area contributed by atoms with Gasteiger partial charge in [0, 0.05) is 12.4 Å². The topological polar surface area (TPSA) is 72.0 Å². The molecule has 2 aromatic heterocycles. The fourth-order valence-corrected chi connectivity index (χ4v) is 12.2. The highest BCUT2D eigenvalue weighted by molar-refractivity contribution is 5.50. The van der Waals surface area contributed by atoms with Gasteiger partial charge in [0.15, 0.2) is 0 Å². The van der Waals surface area contributed by atoms with Gasteiger partial charge in [-0.3, -0.25) is 4.98 Å². The fourth-order valence-electron chi connectivity index (χ4n) is 12.2. The SMILES string of the molecule is CCC12CCC3(C)C4CCC5(c6nnc(-c7cccnc7)o6)CCCC5C4CCC3C1(C)CCC(O)C2C. The van der Waals surface area contributed by atoms with Crippen LogP contribution < -0.4 is 0 Å². The maximum atomic E-state index is 11.0. The third kappa shape index (κ3) is 3.12. The molecule has 38 heavy (non-hydrogen) atoms. The van der Waals surface area contributed by atoms with E-state index in [9.17, 15) is 5.11 Å². The zero-order valence-corrected chi connectivity index (χ0v) is 24.0. The van der Waals surface area contributed by atoms with Crippen molar-refractivity contribution in [1.82, 2.24) is 15.2 Å². The Balaban J connectivity index is 1.21. The second-order valence-corrected chi connectivity index (χ2v) is 14.6. The molecule has 10 unspecified atom stereocenters. The van der Waals surface area contributed by atoms with Crippen molar-refractivity contribution in [1.29, 1.82) is 0 Å². The minimum absolute atomic E-state index is 0.0625. The van der Waals surface area contributed by atoms with Gasteiger partial charge in [0.05, 0.1) is 17.1 Å². The lowest BCUT2D eigenvalue weighted by atomic mass is 9.33. The van der Waals surface area contributed by atoms with E-state index in [1.165, 1.54) is 70.6 Å². The van der Waals surface area contributed by atoms with Crippen LogP contribution in [-0.4, -0.2) is 26.4 Å². The van der Waals surface area contributed by atoms with E-state index in [0.717, 1.165) is 35.6 Å². The van der Waals surface area contributed by atoms with Crippen LogP contribution in [0, 0.1) is 45.8 Å². The molecule has 7 rings (SSSR count). The number of hydrogen-bond acceptors (Lipinski definition) is 5. The summed E-state index contributed by atoms with van der Waals surface area (Å²) in [4.78, 5) is 4.26. The number of aliphatic hydroxyl groups is 1. The molecule has 5 aliphatic carbocycles. The van der Waals surface area contributed by atoms with E-state index >= 15 is 0 Å². The first-order chi connectivity index (χ1) is 18.3. The second kappa shape index (κ2) is 8.62. The zero-order valence-electron chi connectivity index (χ0n) is 24.0. The summed E-state index contributed by atoms with van der Waals surface area (Å²) < 4.78 is 6.48. The van der Waals surface area contributed by atoms with Crippen LogP contribution in [0.4, 0.5) is 0 Å². The van der Waals surface area contributed by atoms with Crippen molar-refractivity contribution in [2.75, 3.05) is 0 Å². The Kier molecular flexibility index (Phi) is 5.73. The highest BCUT2D eigenvalue weighted by Gasteiger charge is 2.69. The van der Waals surface area contributed by atoms with Gasteiger partial charge in [0.1, 0.15) is 0 Å². The van der Waals surface area contributed by atoms with Crippen LogP contribution in [0.15, 0.2) is 28.9 Å². The zero-order chi connectivity index (χ0) is 26.3. The summed E-state index contributed by atoms with van der Waals surface area (Å²) in [5.41, 5.74) is 2.02. The fraction of sp³-hybridized carbons (Fsp3) is 0.788. The first-order valence-electron chi connectivity index (χ1n) is 15.7. The van der Waals surface area contributed by atoms with Crippen molar-refractivity contribution in [2.24, 2.45) is 45.8 Å². The summed E-state index contributed by atoms with van der Waals surface area (Å²) in [7, 11) is 0. The smallest absolute Gasteiger partial charge is 0.249 e. The highest BCUT2D eigenvalue weighted by Crippen LogP contribution is 2.75. The minimum atomic E-state index is -0.122. The van der Waals surface area contributed by atoms with Crippen LogP contribution in [-0.2, 0) is 5.41 Å². The molecule has 0 aromatic carbocycles. The summed E-state index contributed by atoms with van der Waals surface area (Å²) in [6.07, 6.45) is 18.5. The third-order valence-electron chi connectivity index (χ3n) is 14.0. The minimum Gasteiger partial charge on any atom is -0.420 e. The van der Waals surface area contributed by atoms with E-state index in [1.54, 1.807) is 6.20 Å². The lowest BCUT2D eigenvalue weighted by Crippen LogP contribution is -2.65. The standard InChI is InChI=1S/C33H47N3O2/c1-5-33-18-17-30(3)24-12-16-32(29-36-35-28(38-29)22-8-7-19-34-20-22)14-6-9-25(32)23(24)10-11-27(30)31(33,4)15-13-26(37)21(33)2/h7-8,19-21,23-27,37H,5-6,9-18H2,1-4H3. The lowest BCUT2D eigenvalue weighted by Gasteiger charge is -2.71. The van der Waals surface area contributed by atoms with Crippen LogP contribution in [0.25, 0.3) is 11.5 Å². The van der Waals surface area contributed by atoms with Crippen molar-refractivity contribution in [3.63, 3.8) is 0 Å². The number of hydrogen-bond donors (Lipinski definition) is 1. The van der Waals surface area contributed by atoms with E-state index in [-0.39, 0.29) is 11.5 Å². The highest BCUT2D eigenvalue weighted by atomic mass is 16.4. The third-order valence-corrected chi connectivity index (χ3v) is 14.0. The molecule has 5 aliphatic rings. The van der Waals surface area contributed by atoms with Crippen LogP contribution in [0.3, 0.4) is 0 Å². The van der Waals surface area contributed by atoms with E-state index in [4.69, 9.17) is 9.52 Å². The van der Waals surface area contributed by atoms with Gasteiger partial charge in [-0.15, -0.1) is 10.2 Å². The summed E-state index contributed by atoms with van der Waals surface area (Å²) in [5, 5.41) is 20.2. The van der Waals surface area contributed by atoms with E-state index in [1.807, 2.05) is 18.3 Å². The Morgan fingerprint density at radius 2 is 1.84 bits per heavy atom. The molecular weight excluding hydrogens is 470 g/mol. The molecule has 0 saturated heterocycles. The van der Waals surface area contributed by atoms with Gasteiger partial charge in [0.25, 0.3) is 0 Å². The second-order valence-electron chi connectivity index (χ2n) is 14.6. The molecule has 10 atom stereocenters. The van der Waals surface area contributed by atoms with Gasteiger partial charge < -0.3 is 9.52 Å². The van der Waals surface area contributed by atoms with Crippen LogP contribution in [0.5, 0.6) is 0 Å². The summed E-state index contributed by atoms with van der Waals surface area (Å²) in [5.74, 6) is 4.94. The number of aromatic nitrogens is 3. The molecule has 0 radical (unpaired) electrons. The van der Waals surface area contributed by atoms with Crippen molar-refractivity contribution < 1.29 is 9.52 Å². The van der Waals surface area contributed by atoms with Crippen molar-refractivity contribution >= 4 is 0 Å². The molecule has 2 heterocycles. The first-order valence-corrected chi connectivity index (χ1v) is 15.7. The van der Waals surface area contributed by atoms with Crippen molar-refractivity contribution in [3.05, 3.63) is 30.4 Å². The maximum Gasteiger partial charge on any atom is 0.249 e. The lowest BCUT2D eigenvalue weighted by molar-refractivity contribution is -0.236. The van der Waals surface area contributed by atoms with Gasteiger partial charge in [-0.05, 0) is 129 Å². The molecule has 5 fully saturated rings. The van der Waals surface area contributed by atoms with Gasteiger partial charge in [0.2, 0.25) is 11.8 Å². The van der Waals surface area contributed by atoms with E-state index in [0.29, 0.717) is 34.0 Å². The number of fused-ring (bicyclic) bond motifs is 7. The molecular formula is C33H47N3O2. The monoisotopic (exact) mass is 517 g/mol. The molecule has 0 amide bonds. The predicted octanol–water partition coefficient (Wildman–Crippen LogP) is 7.60. The molecule has 0 spiro atoms. The van der Waals surface area contributed by atoms with E-state index < -0.39 is 0 Å². The molecule has 0 bridgehead atoms. The van der Waals surface area contributed by atoms with Crippen molar-refractivity contribution in [3.8, 4) is 11.5 Å². The molecule has 206 valence electrons. The van der Waals surface area contributed by atoms with E-state index in [2.05, 4.69) is 37.8 Å². The molecule has 5 heteroatoms. The summed E-state index contributed by atoms with van der Waals surface area (Å²) in [6.45, 7) is 10.1. The normalized spacial score (nSPS) is 48.0. The van der Waals surface area contributed by atoms with Gasteiger partial charge >= 0.3 is 0 Å². The first kappa shape index (κ1) is 25.2. The molecule has 5 nitrogen and oxygen atoms in total. The Morgan fingerprint density at radius 3 is 2.63 bits per heavy atom. The Bertz CT molecular complexity index is 1180. The largest absolute Gasteiger partial charge is 0.420 e. The average Bonchev–Trinajstić information content (AvgIpc) is 3.60. The van der Waals surface area contributed by atoms with Gasteiger partial charge in [-0.2, -0.15) is 0 Å². The Morgan fingerprint density at radius 1 is 0.974 bits per heavy atom. The van der Waals surface area contributed by atoms with Gasteiger partial charge in [-0.25, -0.2) is 0 Å². The van der Waals surface area contributed by atoms with Crippen LogP contribution >= 0.6 is 0 Å². The number of rotatable bonds is 3. The summed E-state index contributed by atoms with van der Waals surface area (Å²) in [6, 6.07) is 3.95. The van der Waals surface area contributed by atoms with Crippen molar-refractivity contribution in [2.45, 2.75) is 116 Å². The number of aliphatic hydroxyl groups excluding tert-OH is 1. The molecule has 1 N–H and O–H groups in total. The predicted molar refractivity (Wildman–Crippen MR) is 148 cm³/mol. The number of nitrogens with zero attached hydrogens (tertiary/aromatic N) is 3. The molecule has 5 saturated carbocycles. The molecule has 2 aromatic rings. The van der Waals surface area contributed by atoms with Crippen LogP contribution in [0.1, 0.15) is 111 Å². The Labute approximate surface area is 228 Å². The number of pyridine rings is 1. The average molecular weight is 518 g/mol. The Hall–Kier alpha value is -1.75. The quantitative estimate of drug-likeness (QED) is 0.454. The maximum absolute atomic E-state index is 11.0. The van der Waals surface area contributed by atoms with Crippen LogP contribution in [0.2, 0.25) is 0 Å². The summed E-state index contributed by atoms with van der Waals surface area (Å²) >= 11 is 0.